The molecule has 0 radical (unpaired) electrons. The van der Waals surface area contributed by atoms with Gasteiger partial charge in [0.1, 0.15) is 11.5 Å². The number of nitrogens with zero attached hydrogens (tertiary/aromatic N) is 3. The van der Waals surface area contributed by atoms with Gasteiger partial charge in [-0.05, 0) is 24.1 Å². The van der Waals surface area contributed by atoms with E-state index in [0.717, 1.165) is 12.0 Å². The van der Waals surface area contributed by atoms with Crippen LogP contribution in [-0.2, 0) is 19.6 Å². The van der Waals surface area contributed by atoms with Gasteiger partial charge in [0.15, 0.2) is 5.69 Å². The van der Waals surface area contributed by atoms with Crippen LogP contribution < -0.4 is 5.32 Å². The average Bonchev–Trinajstić information content (AvgIpc) is 3.33. The molecule has 0 spiro atoms. The lowest BCUT2D eigenvalue weighted by atomic mass is 10.2. The molecule has 1 aliphatic rings. The molecule has 4 rings (SSSR count). The van der Waals surface area contributed by atoms with E-state index in [1.54, 1.807) is 34.0 Å². The largest absolute Gasteiger partial charge is 0.467 e. The van der Waals surface area contributed by atoms with E-state index in [-0.39, 0.29) is 24.1 Å². The monoisotopic (exact) mass is 364 g/mol. The van der Waals surface area contributed by atoms with Gasteiger partial charge in [0.25, 0.3) is 11.8 Å². The Morgan fingerprint density at radius 2 is 2.00 bits per heavy atom. The number of rotatable bonds is 5. The minimum absolute atomic E-state index is 0.103. The molecule has 1 aliphatic heterocycles. The van der Waals surface area contributed by atoms with Gasteiger partial charge in [-0.3, -0.25) is 14.3 Å². The van der Waals surface area contributed by atoms with Crippen molar-refractivity contribution in [1.82, 2.24) is 20.0 Å². The lowest BCUT2D eigenvalue weighted by Crippen LogP contribution is -2.30. The van der Waals surface area contributed by atoms with Gasteiger partial charge in [0.2, 0.25) is 0 Å². The summed E-state index contributed by atoms with van der Waals surface area (Å²) in [4.78, 5) is 27.1. The zero-order valence-corrected chi connectivity index (χ0v) is 14.8. The van der Waals surface area contributed by atoms with Gasteiger partial charge in [0, 0.05) is 25.7 Å². The zero-order chi connectivity index (χ0) is 18.6. The molecule has 0 saturated carbocycles. The van der Waals surface area contributed by atoms with Crippen LogP contribution in [0.2, 0.25) is 0 Å². The van der Waals surface area contributed by atoms with Crippen molar-refractivity contribution in [2.45, 2.75) is 26.1 Å². The van der Waals surface area contributed by atoms with Gasteiger partial charge in [-0.2, -0.15) is 5.10 Å². The highest BCUT2D eigenvalue weighted by Gasteiger charge is 2.26. The summed E-state index contributed by atoms with van der Waals surface area (Å²) < 4.78 is 6.84. The summed E-state index contributed by atoms with van der Waals surface area (Å²) in [7, 11) is 0. The first-order chi connectivity index (χ1) is 13.2. The summed E-state index contributed by atoms with van der Waals surface area (Å²) in [6.45, 7) is 2.10. The van der Waals surface area contributed by atoms with Crippen LogP contribution >= 0.6 is 0 Å². The molecule has 0 aliphatic carbocycles. The van der Waals surface area contributed by atoms with E-state index in [0.29, 0.717) is 31.1 Å². The van der Waals surface area contributed by atoms with E-state index in [1.165, 1.54) is 0 Å². The van der Waals surface area contributed by atoms with Crippen LogP contribution in [0.3, 0.4) is 0 Å². The Labute approximate surface area is 156 Å². The van der Waals surface area contributed by atoms with Crippen LogP contribution in [-0.4, -0.2) is 33.0 Å². The summed E-state index contributed by atoms with van der Waals surface area (Å²) >= 11 is 0. The normalized spacial score (nSPS) is 13.9. The average molecular weight is 364 g/mol. The molecule has 0 fully saturated rings. The number of aromatic nitrogens is 2. The van der Waals surface area contributed by atoms with Crippen molar-refractivity contribution in [1.29, 1.82) is 0 Å². The van der Waals surface area contributed by atoms with Crippen molar-refractivity contribution >= 4 is 11.8 Å². The van der Waals surface area contributed by atoms with Gasteiger partial charge in [-0.15, -0.1) is 0 Å². The van der Waals surface area contributed by atoms with E-state index in [9.17, 15) is 9.59 Å². The first kappa shape index (κ1) is 17.1. The first-order valence-electron chi connectivity index (χ1n) is 8.92. The molecule has 0 atom stereocenters. The maximum atomic E-state index is 12.9. The second-order valence-electron chi connectivity index (χ2n) is 6.47. The maximum absolute atomic E-state index is 12.9. The number of carbonyl (C=O) groups is 2. The van der Waals surface area contributed by atoms with E-state index in [4.69, 9.17) is 4.42 Å². The minimum Gasteiger partial charge on any atom is -0.467 e. The topological polar surface area (TPSA) is 80.4 Å². The summed E-state index contributed by atoms with van der Waals surface area (Å²) in [5.74, 6) is 0.234. The van der Waals surface area contributed by atoms with Gasteiger partial charge in [-0.1, -0.05) is 30.3 Å². The fourth-order valence-electron chi connectivity index (χ4n) is 3.17. The quantitative estimate of drug-likeness (QED) is 0.754. The standard InChI is InChI=1S/C20H20N4O3/c25-19(21-13-16-8-4-11-27-16)17-12-18-20(26)23(9-5-10-24(18)22-17)14-15-6-2-1-3-7-15/h1-4,6-8,11-12H,5,9-10,13-14H2,(H,21,25). The second-order valence-corrected chi connectivity index (χ2v) is 6.47. The third kappa shape index (κ3) is 3.76. The number of carbonyl (C=O) groups excluding carboxylic acids is 2. The minimum atomic E-state index is -0.325. The Hall–Kier alpha value is -3.35. The Bertz CT molecular complexity index is 932. The van der Waals surface area contributed by atoms with Crippen molar-refractivity contribution in [3.8, 4) is 0 Å². The van der Waals surface area contributed by atoms with Crippen LogP contribution in [0.25, 0.3) is 0 Å². The number of hydrogen-bond acceptors (Lipinski definition) is 4. The molecule has 27 heavy (non-hydrogen) atoms. The lowest BCUT2D eigenvalue weighted by molar-refractivity contribution is 0.0745. The molecule has 2 aromatic heterocycles. The lowest BCUT2D eigenvalue weighted by Gasteiger charge is -2.20. The Balaban J connectivity index is 1.48. The molecule has 1 aromatic carbocycles. The van der Waals surface area contributed by atoms with Crippen LogP contribution in [0, 0.1) is 0 Å². The first-order valence-corrected chi connectivity index (χ1v) is 8.92. The van der Waals surface area contributed by atoms with Crippen molar-refractivity contribution in [2.75, 3.05) is 6.54 Å². The van der Waals surface area contributed by atoms with Crippen LogP contribution in [0.1, 0.15) is 38.7 Å². The number of benzene rings is 1. The number of furan rings is 1. The predicted molar refractivity (Wildman–Crippen MR) is 97.9 cm³/mol. The summed E-state index contributed by atoms with van der Waals surface area (Å²) in [5, 5.41) is 7.09. The van der Waals surface area contributed by atoms with Crippen LogP contribution in [0.15, 0.2) is 59.2 Å². The van der Waals surface area contributed by atoms with Crippen molar-refractivity contribution < 1.29 is 14.0 Å². The van der Waals surface area contributed by atoms with Gasteiger partial charge in [-0.25, -0.2) is 0 Å². The molecule has 138 valence electrons. The van der Waals surface area contributed by atoms with Crippen molar-refractivity contribution in [3.63, 3.8) is 0 Å². The van der Waals surface area contributed by atoms with E-state index in [2.05, 4.69) is 10.4 Å². The molecule has 7 heteroatoms. The third-order valence-corrected chi connectivity index (χ3v) is 4.54. The molecule has 0 saturated heterocycles. The predicted octanol–water partition coefficient (Wildman–Crippen LogP) is 2.45. The highest BCUT2D eigenvalue weighted by molar-refractivity contribution is 5.98. The van der Waals surface area contributed by atoms with Gasteiger partial charge in [0.05, 0.1) is 12.8 Å². The number of hydrogen-bond donors (Lipinski definition) is 1. The Morgan fingerprint density at radius 3 is 2.78 bits per heavy atom. The maximum Gasteiger partial charge on any atom is 0.272 e. The third-order valence-electron chi connectivity index (χ3n) is 4.54. The molecule has 7 nitrogen and oxygen atoms in total. The number of nitrogens with one attached hydrogen (secondary N) is 1. The number of fused-ring (bicyclic) bond motifs is 1. The highest BCUT2D eigenvalue weighted by atomic mass is 16.3. The Kier molecular flexibility index (Phi) is 4.74. The highest BCUT2D eigenvalue weighted by Crippen LogP contribution is 2.16. The van der Waals surface area contributed by atoms with Gasteiger partial charge < -0.3 is 14.6 Å². The smallest absolute Gasteiger partial charge is 0.272 e. The van der Waals surface area contributed by atoms with Crippen LogP contribution in [0.4, 0.5) is 0 Å². The molecule has 2 amide bonds. The van der Waals surface area contributed by atoms with Crippen molar-refractivity contribution in [3.05, 3.63) is 77.5 Å². The molecule has 3 heterocycles. The number of aryl methyl sites for hydroxylation is 1. The fourth-order valence-corrected chi connectivity index (χ4v) is 3.17. The van der Waals surface area contributed by atoms with Gasteiger partial charge >= 0.3 is 0 Å². The van der Waals surface area contributed by atoms with E-state index < -0.39 is 0 Å². The van der Waals surface area contributed by atoms with Crippen molar-refractivity contribution in [2.24, 2.45) is 0 Å². The Morgan fingerprint density at radius 1 is 1.15 bits per heavy atom. The fraction of sp³-hybridized carbons (Fsp3) is 0.250. The zero-order valence-electron chi connectivity index (χ0n) is 14.8. The second kappa shape index (κ2) is 7.49. The van der Waals surface area contributed by atoms with Crippen LogP contribution in [0.5, 0.6) is 0 Å². The SMILES string of the molecule is O=C(NCc1ccco1)c1cc2n(n1)CCCN(Cc1ccccc1)C2=O. The molecular formula is C20H20N4O3. The number of amides is 2. The summed E-state index contributed by atoms with van der Waals surface area (Å²) in [5.41, 5.74) is 1.77. The molecule has 3 aromatic rings. The molecule has 0 bridgehead atoms. The summed E-state index contributed by atoms with van der Waals surface area (Å²) in [6, 6.07) is 15.0. The van der Waals surface area contributed by atoms with E-state index in [1.807, 2.05) is 30.3 Å². The molecular weight excluding hydrogens is 344 g/mol. The summed E-state index contributed by atoms with van der Waals surface area (Å²) in [6.07, 6.45) is 2.35. The molecule has 0 unspecified atom stereocenters. The van der Waals surface area contributed by atoms with E-state index >= 15 is 0 Å². The molecule has 1 N–H and O–H groups in total.